The van der Waals surface area contributed by atoms with E-state index < -0.39 is 34.5 Å². The number of benzene rings is 2. The number of piperazine rings is 1. The Labute approximate surface area is 215 Å². The first kappa shape index (κ1) is 24.4. The fourth-order valence-corrected chi connectivity index (χ4v) is 7.37. The molecule has 0 spiro atoms. The third kappa shape index (κ3) is 4.37. The normalized spacial score (nSPS) is 17.1. The van der Waals surface area contributed by atoms with Crippen LogP contribution < -0.4 is 5.73 Å². The third-order valence-corrected chi connectivity index (χ3v) is 9.59. The minimum absolute atomic E-state index is 0.0632. The second kappa shape index (κ2) is 9.28. The summed E-state index contributed by atoms with van der Waals surface area (Å²) in [6.07, 6.45) is 1.34. The van der Waals surface area contributed by atoms with Crippen molar-refractivity contribution in [3.63, 3.8) is 0 Å². The van der Waals surface area contributed by atoms with Crippen LogP contribution in [0.15, 0.2) is 53.0 Å². The Morgan fingerprint density at radius 1 is 1.22 bits per heavy atom. The maximum absolute atomic E-state index is 13.4. The Hall–Kier alpha value is -3.32. The fourth-order valence-electron chi connectivity index (χ4n) is 4.14. The molecule has 4 aromatic rings. The smallest absolute Gasteiger partial charge is 0.329 e. The lowest BCUT2D eigenvalue weighted by molar-refractivity contribution is -0.157. The first-order valence-electron chi connectivity index (χ1n) is 10.7. The van der Waals surface area contributed by atoms with E-state index in [-0.39, 0.29) is 17.3 Å². The van der Waals surface area contributed by atoms with Gasteiger partial charge < -0.3 is 15.4 Å². The van der Waals surface area contributed by atoms with Gasteiger partial charge in [0.05, 0.1) is 19.2 Å². The summed E-state index contributed by atoms with van der Waals surface area (Å²) in [5.41, 5.74) is 7.17. The largest absolute Gasteiger partial charge is 0.467 e. The molecule has 1 aliphatic rings. The van der Waals surface area contributed by atoms with E-state index in [0.717, 1.165) is 21.0 Å². The van der Waals surface area contributed by atoms with Crippen LogP contribution in [0.2, 0.25) is 5.02 Å². The predicted molar refractivity (Wildman–Crippen MR) is 136 cm³/mol. The summed E-state index contributed by atoms with van der Waals surface area (Å²) < 4.78 is 33.6. The molecule has 1 aliphatic heterocycles. The first-order chi connectivity index (χ1) is 17.2. The summed E-state index contributed by atoms with van der Waals surface area (Å²) in [4.78, 5) is 35.4. The van der Waals surface area contributed by atoms with Gasteiger partial charge in [-0.1, -0.05) is 23.7 Å². The van der Waals surface area contributed by atoms with Gasteiger partial charge in [0, 0.05) is 28.2 Å². The average Bonchev–Trinajstić information content (AvgIpc) is 3.29. The third-order valence-electron chi connectivity index (χ3n) is 6.00. The number of anilines is 1. The molecule has 0 radical (unpaired) electrons. The van der Waals surface area contributed by atoms with E-state index in [1.54, 1.807) is 36.4 Å². The topological polar surface area (TPSA) is 136 Å². The Morgan fingerprint density at radius 2 is 2.03 bits per heavy atom. The van der Waals surface area contributed by atoms with E-state index >= 15 is 0 Å². The number of nitrogens with zero attached hydrogens (tertiary/aromatic N) is 4. The van der Waals surface area contributed by atoms with Gasteiger partial charge in [0.1, 0.15) is 22.4 Å². The average molecular weight is 546 g/mol. The number of carbonyl (C=O) groups is 2. The van der Waals surface area contributed by atoms with E-state index in [2.05, 4.69) is 9.97 Å². The minimum atomic E-state index is -4.05. The number of rotatable bonds is 5. The summed E-state index contributed by atoms with van der Waals surface area (Å²) in [6.45, 7) is -0.584. The number of hydrogen-bond donors (Lipinski definition) is 1. The molecule has 1 atom stereocenters. The lowest BCUT2D eigenvalue weighted by Gasteiger charge is -2.38. The summed E-state index contributed by atoms with van der Waals surface area (Å²) in [6, 6.07) is 10.8. The van der Waals surface area contributed by atoms with Crippen molar-refractivity contribution < 1.29 is 22.7 Å². The number of halogens is 1. The van der Waals surface area contributed by atoms with Crippen molar-refractivity contribution in [2.75, 3.05) is 25.9 Å². The van der Waals surface area contributed by atoms with Crippen LogP contribution in [0, 0.1) is 0 Å². The number of carbonyl (C=O) groups excluding carboxylic acids is 2. The summed E-state index contributed by atoms with van der Waals surface area (Å²) in [5, 5.41) is 1.88. The number of ether oxygens (including phenoxy) is 1. The maximum atomic E-state index is 13.4. The number of amides is 1. The zero-order valence-corrected chi connectivity index (χ0v) is 21.3. The van der Waals surface area contributed by atoms with Crippen LogP contribution >= 0.6 is 22.9 Å². The number of thiophene rings is 1. The molecule has 186 valence electrons. The van der Waals surface area contributed by atoms with Gasteiger partial charge in [0.15, 0.2) is 0 Å². The summed E-state index contributed by atoms with van der Waals surface area (Å²) in [5.74, 6) is -0.900. The van der Waals surface area contributed by atoms with E-state index in [9.17, 15) is 18.0 Å². The van der Waals surface area contributed by atoms with Gasteiger partial charge in [-0.2, -0.15) is 4.31 Å². The number of sulfonamides is 1. The van der Waals surface area contributed by atoms with Gasteiger partial charge in [-0.25, -0.2) is 23.2 Å². The molecule has 2 aromatic heterocycles. The van der Waals surface area contributed by atoms with Gasteiger partial charge in [-0.3, -0.25) is 4.79 Å². The highest BCUT2D eigenvalue weighted by Gasteiger charge is 2.42. The standard InChI is InChI=1S/C23H20ClN5O5S2/c1-34-23(31)18-10-28(36(32,33)21-7-14-3-4-15(24)8-19(14)35-21)11-20(30)29(18)9-13-2-5-16-17(6-13)26-12-27-22(16)25/h2-8,12,18H,9-11H2,1H3,(H2,25,26,27)/t18-/m1/s1. The summed E-state index contributed by atoms with van der Waals surface area (Å²) in [7, 11) is -2.85. The van der Waals surface area contributed by atoms with Crippen LogP contribution in [0.5, 0.6) is 0 Å². The highest BCUT2D eigenvalue weighted by molar-refractivity contribution is 7.91. The minimum Gasteiger partial charge on any atom is -0.467 e. The van der Waals surface area contributed by atoms with Crippen LogP contribution in [0.25, 0.3) is 21.0 Å². The van der Waals surface area contributed by atoms with Crippen molar-refractivity contribution in [2.45, 2.75) is 16.8 Å². The predicted octanol–water partition coefficient (Wildman–Crippen LogP) is 2.65. The van der Waals surface area contributed by atoms with Crippen LogP contribution in [0.4, 0.5) is 5.82 Å². The highest BCUT2D eigenvalue weighted by atomic mass is 35.5. The molecule has 0 saturated carbocycles. The maximum Gasteiger partial charge on any atom is 0.329 e. The molecule has 5 rings (SSSR count). The van der Waals surface area contributed by atoms with Gasteiger partial charge >= 0.3 is 5.97 Å². The molecule has 13 heteroatoms. The molecule has 2 aromatic carbocycles. The molecule has 36 heavy (non-hydrogen) atoms. The zero-order valence-electron chi connectivity index (χ0n) is 18.9. The van der Waals surface area contributed by atoms with Crippen LogP contribution in [-0.4, -0.2) is 65.7 Å². The second-order valence-electron chi connectivity index (χ2n) is 8.22. The SMILES string of the molecule is COC(=O)[C@H]1CN(S(=O)(=O)c2cc3ccc(Cl)cc3s2)CC(=O)N1Cc1ccc2c(N)ncnc2c1. The quantitative estimate of drug-likeness (QED) is 0.378. The number of nitrogen functional groups attached to an aromatic ring is 1. The van der Waals surface area contributed by atoms with Crippen molar-refractivity contribution in [3.8, 4) is 0 Å². The number of methoxy groups -OCH3 is 1. The monoisotopic (exact) mass is 545 g/mol. The molecule has 0 unspecified atom stereocenters. The molecule has 1 amide bonds. The summed E-state index contributed by atoms with van der Waals surface area (Å²) >= 11 is 7.09. The van der Waals surface area contributed by atoms with E-state index in [1.165, 1.54) is 24.4 Å². The van der Waals surface area contributed by atoms with Crippen LogP contribution in [0.1, 0.15) is 5.56 Å². The molecule has 0 bridgehead atoms. The Morgan fingerprint density at radius 3 is 2.81 bits per heavy atom. The number of nitrogens with two attached hydrogens (primary N) is 1. The number of esters is 1. The lowest BCUT2D eigenvalue weighted by Crippen LogP contribution is -2.60. The van der Waals surface area contributed by atoms with E-state index in [0.29, 0.717) is 32.0 Å². The van der Waals surface area contributed by atoms with E-state index in [4.69, 9.17) is 22.1 Å². The zero-order chi connectivity index (χ0) is 25.6. The van der Waals surface area contributed by atoms with Crippen molar-refractivity contribution in [1.29, 1.82) is 0 Å². The van der Waals surface area contributed by atoms with Gasteiger partial charge in [-0.15, -0.1) is 11.3 Å². The highest BCUT2D eigenvalue weighted by Crippen LogP contribution is 2.34. The van der Waals surface area contributed by atoms with Crippen LogP contribution in [-0.2, 0) is 30.9 Å². The first-order valence-corrected chi connectivity index (χ1v) is 13.4. The lowest BCUT2D eigenvalue weighted by atomic mass is 10.1. The second-order valence-corrected chi connectivity index (χ2v) is 11.9. The number of hydrogen-bond acceptors (Lipinski definition) is 9. The van der Waals surface area contributed by atoms with Gasteiger partial charge in [0.25, 0.3) is 10.0 Å². The Balaban J connectivity index is 1.44. The number of fused-ring (bicyclic) bond motifs is 2. The van der Waals surface area contributed by atoms with Gasteiger partial charge in [0.2, 0.25) is 5.91 Å². The molecular formula is C23H20ClN5O5S2. The van der Waals surface area contributed by atoms with Crippen molar-refractivity contribution in [2.24, 2.45) is 0 Å². The van der Waals surface area contributed by atoms with E-state index in [1.807, 2.05) is 0 Å². The van der Waals surface area contributed by atoms with Gasteiger partial charge in [-0.05, 0) is 41.3 Å². The molecule has 0 aliphatic carbocycles. The molecule has 3 heterocycles. The van der Waals surface area contributed by atoms with Crippen molar-refractivity contribution in [1.82, 2.24) is 19.2 Å². The molecular weight excluding hydrogens is 526 g/mol. The molecule has 1 fully saturated rings. The molecule has 10 nitrogen and oxygen atoms in total. The molecule has 1 saturated heterocycles. The van der Waals surface area contributed by atoms with Crippen molar-refractivity contribution >= 4 is 71.6 Å². The Kier molecular flexibility index (Phi) is 6.29. The number of aromatic nitrogens is 2. The van der Waals surface area contributed by atoms with Crippen LogP contribution in [0.3, 0.4) is 0 Å². The fraction of sp³-hybridized carbons (Fsp3) is 0.217. The molecule has 2 N–H and O–H groups in total. The van der Waals surface area contributed by atoms with Crippen molar-refractivity contribution in [3.05, 3.63) is 59.4 Å². The Bertz CT molecular complexity index is 1620.